The van der Waals surface area contributed by atoms with Gasteiger partial charge in [0.2, 0.25) is 0 Å². The summed E-state index contributed by atoms with van der Waals surface area (Å²) in [6.45, 7) is 1.62. The number of aliphatic carboxylic acids is 1. The number of carboxylic acid groups (broad SMARTS) is 1. The summed E-state index contributed by atoms with van der Waals surface area (Å²) in [4.78, 5) is 16.3. The summed E-state index contributed by atoms with van der Waals surface area (Å²) in [5.41, 5.74) is 4.65. The number of aromatic nitrogens is 2. The zero-order chi connectivity index (χ0) is 20.2. The smallest absolute Gasteiger partial charge is 0.174 e. The lowest BCUT2D eigenvalue weighted by molar-refractivity contribution is -0.304. The molecule has 0 N–H and O–H groups in total. The summed E-state index contributed by atoms with van der Waals surface area (Å²) in [6.07, 6.45) is 0. The Labute approximate surface area is 173 Å². The Morgan fingerprint density at radius 2 is 1.38 bits per heavy atom. The lowest BCUT2D eigenvalue weighted by Gasteiger charge is -2.15. The highest BCUT2D eigenvalue weighted by molar-refractivity contribution is 8.00. The van der Waals surface area contributed by atoms with Gasteiger partial charge in [0.05, 0.1) is 17.4 Å². The Hall–Kier alpha value is -3.31. The Kier molecular flexibility index (Phi) is 5.49. The van der Waals surface area contributed by atoms with Gasteiger partial charge in [-0.2, -0.15) is 0 Å². The third kappa shape index (κ3) is 3.96. The van der Waals surface area contributed by atoms with E-state index in [4.69, 9.17) is 4.98 Å². The SMILES string of the molecule is C[C@@H](Sc1nc(-c2ccccc2)c(-c2ccccc2)n1-c1ccccc1)C(=O)[O-]. The molecule has 0 aliphatic carbocycles. The van der Waals surface area contributed by atoms with E-state index in [-0.39, 0.29) is 0 Å². The first-order valence-corrected chi connectivity index (χ1v) is 10.2. The number of hydrogen-bond donors (Lipinski definition) is 0. The molecule has 1 heterocycles. The molecule has 0 aliphatic heterocycles. The van der Waals surface area contributed by atoms with Crippen LogP contribution in [0.4, 0.5) is 0 Å². The van der Waals surface area contributed by atoms with Gasteiger partial charge in [-0.3, -0.25) is 4.57 Å². The molecule has 0 radical (unpaired) electrons. The van der Waals surface area contributed by atoms with Gasteiger partial charge in [0.1, 0.15) is 0 Å². The summed E-state index contributed by atoms with van der Waals surface area (Å²) >= 11 is 1.19. The minimum Gasteiger partial charge on any atom is -0.549 e. The van der Waals surface area contributed by atoms with E-state index in [2.05, 4.69) is 0 Å². The van der Waals surface area contributed by atoms with Crippen molar-refractivity contribution in [2.45, 2.75) is 17.3 Å². The van der Waals surface area contributed by atoms with E-state index >= 15 is 0 Å². The molecule has 1 aromatic heterocycles. The van der Waals surface area contributed by atoms with Gasteiger partial charge in [0, 0.05) is 22.1 Å². The average molecular weight is 399 g/mol. The van der Waals surface area contributed by atoms with Gasteiger partial charge < -0.3 is 9.90 Å². The highest BCUT2D eigenvalue weighted by Crippen LogP contribution is 2.39. The normalized spacial score (nSPS) is 11.9. The number of hydrogen-bond acceptors (Lipinski definition) is 4. The minimum absolute atomic E-state index is 0.616. The first-order chi connectivity index (χ1) is 14.1. The summed E-state index contributed by atoms with van der Waals surface area (Å²) in [5.74, 6) is -1.11. The molecule has 144 valence electrons. The summed E-state index contributed by atoms with van der Waals surface area (Å²) < 4.78 is 2.03. The molecule has 4 rings (SSSR count). The fraction of sp³-hybridized carbons (Fsp3) is 0.0833. The molecule has 0 unspecified atom stereocenters. The fourth-order valence-corrected chi connectivity index (χ4v) is 4.02. The highest BCUT2D eigenvalue weighted by Gasteiger charge is 2.23. The van der Waals surface area contributed by atoms with Crippen LogP contribution in [0.1, 0.15) is 6.92 Å². The lowest BCUT2D eigenvalue weighted by Crippen LogP contribution is -2.31. The van der Waals surface area contributed by atoms with Crippen molar-refractivity contribution in [3.63, 3.8) is 0 Å². The topological polar surface area (TPSA) is 58.0 Å². The van der Waals surface area contributed by atoms with Crippen LogP contribution in [0.2, 0.25) is 0 Å². The van der Waals surface area contributed by atoms with E-state index in [0.717, 1.165) is 28.2 Å². The molecule has 3 aromatic carbocycles. The van der Waals surface area contributed by atoms with Crippen molar-refractivity contribution in [2.24, 2.45) is 0 Å². The number of para-hydroxylation sites is 1. The first-order valence-electron chi connectivity index (χ1n) is 9.31. The number of nitrogens with zero attached hydrogens (tertiary/aromatic N) is 2. The lowest BCUT2D eigenvalue weighted by atomic mass is 10.0. The molecule has 0 bridgehead atoms. The van der Waals surface area contributed by atoms with Crippen molar-refractivity contribution in [1.82, 2.24) is 9.55 Å². The van der Waals surface area contributed by atoms with Crippen molar-refractivity contribution in [3.05, 3.63) is 91.0 Å². The highest BCUT2D eigenvalue weighted by atomic mass is 32.2. The van der Waals surface area contributed by atoms with Crippen LogP contribution in [0.25, 0.3) is 28.2 Å². The predicted octanol–water partition coefficient (Wildman–Crippen LogP) is 4.44. The van der Waals surface area contributed by atoms with Crippen LogP contribution in [0.3, 0.4) is 0 Å². The predicted molar refractivity (Wildman–Crippen MR) is 115 cm³/mol. The van der Waals surface area contributed by atoms with E-state index in [1.807, 2.05) is 95.6 Å². The Morgan fingerprint density at radius 1 is 0.862 bits per heavy atom. The van der Waals surface area contributed by atoms with Gasteiger partial charge in [0.15, 0.2) is 5.16 Å². The number of benzene rings is 3. The van der Waals surface area contributed by atoms with Crippen LogP contribution in [0, 0.1) is 0 Å². The van der Waals surface area contributed by atoms with E-state index in [0.29, 0.717) is 5.16 Å². The number of carboxylic acids is 1. The maximum atomic E-state index is 11.4. The first kappa shape index (κ1) is 19.0. The summed E-state index contributed by atoms with van der Waals surface area (Å²) in [6, 6.07) is 29.9. The zero-order valence-corrected chi connectivity index (χ0v) is 16.7. The van der Waals surface area contributed by atoms with Gasteiger partial charge in [-0.05, 0) is 19.1 Å². The maximum absolute atomic E-state index is 11.4. The van der Waals surface area contributed by atoms with Crippen molar-refractivity contribution in [2.75, 3.05) is 0 Å². The molecule has 4 aromatic rings. The van der Waals surface area contributed by atoms with Gasteiger partial charge >= 0.3 is 0 Å². The van der Waals surface area contributed by atoms with Crippen LogP contribution >= 0.6 is 11.8 Å². The second kappa shape index (κ2) is 8.37. The standard InChI is InChI=1S/C24H20N2O2S/c1-17(23(27)28)29-24-25-21(18-11-5-2-6-12-18)22(19-13-7-3-8-14-19)26(24)20-15-9-4-10-16-20/h2-17H,1H3,(H,27,28)/p-1/t17-/m1/s1. The summed E-state index contributed by atoms with van der Waals surface area (Å²) in [7, 11) is 0. The molecular formula is C24H19N2O2S-. The minimum atomic E-state index is -1.11. The van der Waals surface area contributed by atoms with E-state index in [1.165, 1.54) is 11.8 Å². The molecule has 0 amide bonds. The molecule has 29 heavy (non-hydrogen) atoms. The number of thioether (sulfide) groups is 1. The third-order valence-electron chi connectivity index (χ3n) is 4.57. The molecule has 5 heteroatoms. The third-order valence-corrected chi connectivity index (χ3v) is 5.60. The number of rotatable bonds is 6. The fourth-order valence-electron chi connectivity index (χ4n) is 3.16. The Bertz CT molecular complexity index is 1110. The van der Waals surface area contributed by atoms with E-state index < -0.39 is 11.2 Å². The number of carbonyl (C=O) groups is 1. The van der Waals surface area contributed by atoms with Crippen molar-refractivity contribution in [3.8, 4) is 28.2 Å². The molecule has 4 nitrogen and oxygen atoms in total. The van der Waals surface area contributed by atoms with Crippen LogP contribution in [0.5, 0.6) is 0 Å². The molecule has 0 spiro atoms. The van der Waals surface area contributed by atoms with Gasteiger partial charge in [-0.25, -0.2) is 4.98 Å². The molecule has 0 saturated heterocycles. The second-order valence-electron chi connectivity index (χ2n) is 6.57. The molecule has 0 aliphatic rings. The van der Waals surface area contributed by atoms with Crippen LogP contribution in [0.15, 0.2) is 96.2 Å². The average Bonchev–Trinajstić information content (AvgIpc) is 3.14. The van der Waals surface area contributed by atoms with E-state index in [9.17, 15) is 9.90 Å². The van der Waals surface area contributed by atoms with Gasteiger partial charge in [0.25, 0.3) is 0 Å². The molecule has 1 atom stereocenters. The number of imidazole rings is 1. The van der Waals surface area contributed by atoms with E-state index in [1.54, 1.807) is 6.92 Å². The van der Waals surface area contributed by atoms with Crippen LogP contribution < -0.4 is 5.11 Å². The maximum Gasteiger partial charge on any atom is 0.174 e. The van der Waals surface area contributed by atoms with Crippen molar-refractivity contribution < 1.29 is 9.90 Å². The molecule has 0 saturated carbocycles. The monoisotopic (exact) mass is 399 g/mol. The van der Waals surface area contributed by atoms with Gasteiger partial charge in [-0.15, -0.1) is 0 Å². The Balaban J connectivity index is 2.01. The quantitative estimate of drug-likeness (QED) is 0.450. The molecular weight excluding hydrogens is 380 g/mol. The molecule has 0 fully saturated rings. The summed E-state index contributed by atoms with van der Waals surface area (Å²) in [5, 5.41) is 11.3. The number of carbonyl (C=O) groups excluding carboxylic acids is 1. The Morgan fingerprint density at radius 3 is 1.93 bits per heavy atom. The second-order valence-corrected chi connectivity index (χ2v) is 7.88. The van der Waals surface area contributed by atoms with Crippen molar-refractivity contribution >= 4 is 17.7 Å². The largest absolute Gasteiger partial charge is 0.549 e. The van der Waals surface area contributed by atoms with Crippen LogP contribution in [-0.4, -0.2) is 20.8 Å². The zero-order valence-electron chi connectivity index (χ0n) is 15.9. The van der Waals surface area contributed by atoms with Crippen molar-refractivity contribution in [1.29, 1.82) is 0 Å². The van der Waals surface area contributed by atoms with Gasteiger partial charge in [-0.1, -0.05) is 90.6 Å². The van der Waals surface area contributed by atoms with Crippen LogP contribution in [-0.2, 0) is 4.79 Å².